The molecule has 2 heterocycles. The van der Waals surface area contributed by atoms with Crippen LogP contribution < -0.4 is 21.3 Å². The highest BCUT2D eigenvalue weighted by atomic mass is 35.5. The molecular formula is C23H27Cl2N7O2. The highest BCUT2D eigenvalue weighted by Gasteiger charge is 2.20. The number of aromatic nitrogens is 3. The van der Waals surface area contributed by atoms with Gasteiger partial charge in [0.25, 0.3) is 0 Å². The van der Waals surface area contributed by atoms with Crippen LogP contribution in [0, 0.1) is 0 Å². The molecule has 0 spiro atoms. The number of nitrogens with one attached hydrogen (secondary N) is 4. The van der Waals surface area contributed by atoms with Crippen molar-refractivity contribution >= 4 is 58.1 Å². The van der Waals surface area contributed by atoms with E-state index >= 15 is 0 Å². The van der Waals surface area contributed by atoms with Gasteiger partial charge in [-0.15, -0.1) is 0 Å². The van der Waals surface area contributed by atoms with Gasteiger partial charge in [-0.2, -0.15) is 4.98 Å². The van der Waals surface area contributed by atoms with Gasteiger partial charge in [-0.3, -0.25) is 10.6 Å². The fraction of sp³-hybridized carbons (Fsp3) is 0.348. The number of hydrogen-bond acceptors (Lipinski definition) is 5. The normalized spacial score (nSPS) is 11.8. The molecule has 34 heavy (non-hydrogen) atoms. The average molecular weight is 504 g/mol. The summed E-state index contributed by atoms with van der Waals surface area (Å²) in [5.41, 5.74) is 0.505. The van der Waals surface area contributed by atoms with Crippen LogP contribution in [-0.4, -0.2) is 38.1 Å². The lowest BCUT2D eigenvalue weighted by molar-refractivity contribution is 0.242. The number of pyridine rings is 1. The van der Waals surface area contributed by atoms with Crippen LogP contribution in [-0.2, 0) is 0 Å². The first-order chi connectivity index (χ1) is 15.7. The van der Waals surface area contributed by atoms with Gasteiger partial charge in [0.2, 0.25) is 5.95 Å². The van der Waals surface area contributed by atoms with Crippen LogP contribution in [0.3, 0.4) is 0 Å². The van der Waals surface area contributed by atoms with Gasteiger partial charge < -0.3 is 10.6 Å². The molecule has 3 rings (SSSR count). The number of amides is 4. The number of urea groups is 2. The molecule has 0 bridgehead atoms. The first-order valence-electron chi connectivity index (χ1n) is 10.5. The van der Waals surface area contributed by atoms with E-state index in [4.69, 9.17) is 23.2 Å². The van der Waals surface area contributed by atoms with E-state index in [1.54, 1.807) is 24.3 Å². The van der Waals surface area contributed by atoms with Crippen molar-refractivity contribution in [3.8, 4) is 11.1 Å². The van der Waals surface area contributed by atoms with Crippen LogP contribution in [0.1, 0.15) is 41.5 Å². The standard InChI is InChI=1S/C23H27Cl2N7O2/c1-22(2,3)31-20(33)29-18-14(13-8-7-9-15(24)16(13)25)10-12-11-26-19(28-17(12)27-18)30-21(34)32-23(4,5)6/h7-11H,1-6H3,(H4,26,27,28,29,30,31,32,33,34). The zero-order valence-corrected chi connectivity index (χ0v) is 21.3. The second kappa shape index (κ2) is 9.60. The second-order valence-corrected chi connectivity index (χ2v) is 10.5. The van der Waals surface area contributed by atoms with Gasteiger partial charge in [0, 0.05) is 33.8 Å². The largest absolute Gasteiger partial charge is 0.333 e. The maximum atomic E-state index is 12.6. The number of anilines is 2. The summed E-state index contributed by atoms with van der Waals surface area (Å²) in [5.74, 6) is 0.294. The molecular weight excluding hydrogens is 477 g/mol. The van der Waals surface area contributed by atoms with Crippen molar-refractivity contribution in [2.45, 2.75) is 52.6 Å². The molecule has 2 aromatic heterocycles. The zero-order valence-electron chi connectivity index (χ0n) is 19.8. The average Bonchev–Trinajstić information content (AvgIpc) is 2.66. The van der Waals surface area contributed by atoms with E-state index in [2.05, 4.69) is 36.2 Å². The number of fused-ring (bicyclic) bond motifs is 1. The van der Waals surface area contributed by atoms with E-state index in [0.717, 1.165) is 0 Å². The van der Waals surface area contributed by atoms with Crippen molar-refractivity contribution in [3.05, 3.63) is 40.5 Å². The summed E-state index contributed by atoms with van der Waals surface area (Å²) in [6.45, 7) is 11.2. The predicted molar refractivity (Wildman–Crippen MR) is 137 cm³/mol. The third kappa shape index (κ3) is 6.68. The summed E-state index contributed by atoms with van der Waals surface area (Å²) in [7, 11) is 0. The maximum absolute atomic E-state index is 12.6. The minimum atomic E-state index is -0.464. The Kier molecular flexibility index (Phi) is 7.18. The van der Waals surface area contributed by atoms with E-state index in [-0.39, 0.29) is 17.4 Å². The Hall–Kier alpha value is -3.17. The number of benzene rings is 1. The molecule has 0 radical (unpaired) electrons. The third-order valence-electron chi connectivity index (χ3n) is 4.24. The summed E-state index contributed by atoms with van der Waals surface area (Å²) in [5, 5.41) is 12.2. The summed E-state index contributed by atoms with van der Waals surface area (Å²) in [6.07, 6.45) is 1.53. The Bertz CT molecular complexity index is 1250. The Morgan fingerprint density at radius 2 is 1.47 bits per heavy atom. The Labute approximate surface area is 208 Å². The van der Waals surface area contributed by atoms with Gasteiger partial charge in [0.05, 0.1) is 10.0 Å². The van der Waals surface area contributed by atoms with Crippen molar-refractivity contribution in [1.29, 1.82) is 0 Å². The molecule has 0 aliphatic heterocycles. The van der Waals surface area contributed by atoms with Gasteiger partial charge in [-0.1, -0.05) is 35.3 Å². The number of nitrogens with zero attached hydrogens (tertiary/aromatic N) is 3. The topological polar surface area (TPSA) is 121 Å². The molecule has 4 amide bonds. The SMILES string of the molecule is CC(C)(C)NC(=O)Nc1ncc2cc(-c3cccc(Cl)c3Cl)c(NC(=O)NC(C)(C)C)nc2n1. The number of hydrogen-bond donors (Lipinski definition) is 4. The Morgan fingerprint density at radius 3 is 2.09 bits per heavy atom. The molecule has 0 unspecified atom stereocenters. The van der Waals surface area contributed by atoms with Crippen LogP contribution >= 0.6 is 23.2 Å². The minimum Gasteiger partial charge on any atom is -0.333 e. The molecule has 0 saturated heterocycles. The van der Waals surface area contributed by atoms with Crippen molar-refractivity contribution in [3.63, 3.8) is 0 Å². The summed E-state index contributed by atoms with van der Waals surface area (Å²) >= 11 is 12.7. The van der Waals surface area contributed by atoms with Crippen molar-refractivity contribution in [2.24, 2.45) is 0 Å². The fourth-order valence-electron chi connectivity index (χ4n) is 2.99. The van der Waals surface area contributed by atoms with Gasteiger partial charge in [0.1, 0.15) is 5.82 Å². The van der Waals surface area contributed by atoms with Gasteiger partial charge >= 0.3 is 12.1 Å². The van der Waals surface area contributed by atoms with E-state index in [1.807, 2.05) is 41.5 Å². The molecule has 0 fully saturated rings. The Morgan fingerprint density at radius 1 is 0.853 bits per heavy atom. The molecule has 0 saturated carbocycles. The highest BCUT2D eigenvalue weighted by Crippen LogP contribution is 2.37. The molecule has 4 N–H and O–H groups in total. The molecule has 1 aromatic carbocycles. The number of halogens is 2. The monoisotopic (exact) mass is 503 g/mol. The predicted octanol–water partition coefficient (Wildman–Crippen LogP) is 5.84. The molecule has 0 atom stereocenters. The maximum Gasteiger partial charge on any atom is 0.322 e. The lowest BCUT2D eigenvalue weighted by atomic mass is 10.1. The van der Waals surface area contributed by atoms with Crippen LogP contribution in [0.25, 0.3) is 22.2 Å². The molecule has 9 nitrogen and oxygen atoms in total. The molecule has 0 aliphatic rings. The smallest absolute Gasteiger partial charge is 0.322 e. The molecule has 180 valence electrons. The fourth-order valence-corrected chi connectivity index (χ4v) is 3.39. The third-order valence-corrected chi connectivity index (χ3v) is 5.06. The lowest BCUT2D eigenvalue weighted by Gasteiger charge is -2.21. The van der Waals surface area contributed by atoms with E-state index in [9.17, 15) is 9.59 Å². The molecule has 11 heteroatoms. The minimum absolute atomic E-state index is 0.0698. The van der Waals surface area contributed by atoms with Crippen LogP contribution in [0.5, 0.6) is 0 Å². The molecule has 0 aliphatic carbocycles. The number of carbonyl (C=O) groups excluding carboxylic acids is 2. The van der Waals surface area contributed by atoms with Gasteiger partial charge in [-0.25, -0.2) is 19.6 Å². The van der Waals surface area contributed by atoms with Crippen molar-refractivity contribution in [1.82, 2.24) is 25.6 Å². The van der Waals surface area contributed by atoms with Gasteiger partial charge in [-0.05, 0) is 53.7 Å². The summed E-state index contributed by atoms with van der Waals surface area (Å²) in [4.78, 5) is 37.9. The lowest BCUT2D eigenvalue weighted by Crippen LogP contribution is -2.43. The van der Waals surface area contributed by atoms with E-state index < -0.39 is 23.1 Å². The van der Waals surface area contributed by atoms with Crippen molar-refractivity contribution in [2.75, 3.05) is 10.6 Å². The van der Waals surface area contributed by atoms with E-state index in [1.165, 1.54) is 6.20 Å². The summed E-state index contributed by atoms with van der Waals surface area (Å²) < 4.78 is 0. The van der Waals surface area contributed by atoms with Crippen LogP contribution in [0.15, 0.2) is 30.5 Å². The van der Waals surface area contributed by atoms with Crippen LogP contribution in [0.2, 0.25) is 10.0 Å². The second-order valence-electron chi connectivity index (χ2n) is 9.75. The quantitative estimate of drug-likeness (QED) is 0.357. The van der Waals surface area contributed by atoms with Crippen LogP contribution in [0.4, 0.5) is 21.4 Å². The zero-order chi connectivity index (χ0) is 25.3. The number of rotatable bonds is 3. The number of carbonyl (C=O) groups is 2. The first-order valence-corrected chi connectivity index (χ1v) is 11.3. The van der Waals surface area contributed by atoms with E-state index in [0.29, 0.717) is 26.6 Å². The molecule has 3 aromatic rings. The Balaban J connectivity index is 2.06. The van der Waals surface area contributed by atoms with Crippen molar-refractivity contribution < 1.29 is 9.59 Å². The highest BCUT2D eigenvalue weighted by molar-refractivity contribution is 6.43. The summed E-state index contributed by atoms with van der Waals surface area (Å²) in [6, 6.07) is 6.06. The van der Waals surface area contributed by atoms with Gasteiger partial charge in [0.15, 0.2) is 5.65 Å². The first kappa shape index (κ1) is 25.5.